The number of nitrogens with one attached hydrogen (secondary N) is 1. The van der Waals surface area contributed by atoms with Crippen LogP contribution in [0.15, 0.2) is 40.9 Å². The predicted octanol–water partition coefficient (Wildman–Crippen LogP) is 2.77. The van der Waals surface area contributed by atoms with Crippen LogP contribution in [0.3, 0.4) is 0 Å². The fourth-order valence-electron chi connectivity index (χ4n) is 3.63. The van der Waals surface area contributed by atoms with Crippen molar-refractivity contribution < 1.29 is 14.1 Å². The Morgan fingerprint density at radius 2 is 1.93 bits per heavy atom. The van der Waals surface area contributed by atoms with Gasteiger partial charge in [-0.2, -0.15) is 5.10 Å². The van der Waals surface area contributed by atoms with E-state index in [1.54, 1.807) is 0 Å². The summed E-state index contributed by atoms with van der Waals surface area (Å²) in [5.41, 5.74) is 4.44. The van der Waals surface area contributed by atoms with Crippen molar-refractivity contribution in [2.75, 3.05) is 13.2 Å². The lowest BCUT2D eigenvalue weighted by Crippen LogP contribution is -2.40. The number of ether oxygens (including phenoxy) is 1. The molecule has 0 spiro atoms. The summed E-state index contributed by atoms with van der Waals surface area (Å²) in [7, 11) is 0. The second kappa shape index (κ2) is 7.59. The van der Waals surface area contributed by atoms with Gasteiger partial charge in [-0.25, -0.2) is 4.68 Å². The first-order chi connectivity index (χ1) is 13.5. The second-order valence-corrected chi connectivity index (χ2v) is 7.40. The standard InChI is InChI=1S/C21H24N4O3/c1-13-8-15(3)25(23-13)18-6-4-16(5-7-18)21(26)22-20-12-27-11-17(20)10-19-9-14(2)24-28-19/h4-9,17,20H,10-12H2,1-3H3,(H,22,26)/t17-,20+/m0/s1. The largest absolute Gasteiger partial charge is 0.379 e. The lowest BCUT2D eigenvalue weighted by atomic mass is 9.98. The first kappa shape index (κ1) is 18.4. The quantitative estimate of drug-likeness (QED) is 0.736. The lowest BCUT2D eigenvalue weighted by Gasteiger charge is -2.18. The van der Waals surface area contributed by atoms with E-state index in [1.165, 1.54) is 0 Å². The van der Waals surface area contributed by atoms with Gasteiger partial charge in [-0.3, -0.25) is 4.79 Å². The molecular formula is C21H24N4O3. The van der Waals surface area contributed by atoms with Crippen LogP contribution in [0.25, 0.3) is 5.69 Å². The second-order valence-electron chi connectivity index (χ2n) is 7.40. The summed E-state index contributed by atoms with van der Waals surface area (Å²) >= 11 is 0. The van der Waals surface area contributed by atoms with Crippen LogP contribution in [-0.4, -0.2) is 40.1 Å². The van der Waals surface area contributed by atoms with Gasteiger partial charge in [0.1, 0.15) is 5.76 Å². The molecule has 3 heterocycles. The monoisotopic (exact) mass is 380 g/mol. The molecule has 28 heavy (non-hydrogen) atoms. The topological polar surface area (TPSA) is 82.2 Å². The van der Waals surface area contributed by atoms with Crippen LogP contribution in [0, 0.1) is 26.7 Å². The first-order valence-electron chi connectivity index (χ1n) is 9.44. The van der Waals surface area contributed by atoms with Gasteiger partial charge in [0, 0.05) is 29.7 Å². The van der Waals surface area contributed by atoms with Crippen molar-refractivity contribution in [1.82, 2.24) is 20.3 Å². The van der Waals surface area contributed by atoms with Crippen LogP contribution in [-0.2, 0) is 11.2 Å². The minimum Gasteiger partial charge on any atom is -0.379 e. The van der Waals surface area contributed by atoms with Crippen LogP contribution < -0.4 is 5.32 Å². The number of benzene rings is 1. The molecule has 1 amide bonds. The summed E-state index contributed by atoms with van der Waals surface area (Å²) in [5, 5.41) is 11.5. The van der Waals surface area contributed by atoms with Crippen LogP contribution in [0.5, 0.6) is 0 Å². The number of aryl methyl sites for hydroxylation is 3. The number of rotatable bonds is 5. The number of nitrogens with zero attached hydrogens (tertiary/aromatic N) is 3. The lowest BCUT2D eigenvalue weighted by molar-refractivity contribution is 0.0924. The number of hydrogen-bond acceptors (Lipinski definition) is 5. The number of aromatic nitrogens is 3. The van der Waals surface area contributed by atoms with Gasteiger partial charge in [-0.05, 0) is 51.1 Å². The zero-order chi connectivity index (χ0) is 19.7. The molecule has 0 aliphatic carbocycles. The number of carbonyl (C=O) groups excluding carboxylic acids is 1. The third-order valence-corrected chi connectivity index (χ3v) is 5.04. The van der Waals surface area contributed by atoms with Gasteiger partial charge in [0.15, 0.2) is 0 Å². The molecule has 7 nitrogen and oxygen atoms in total. The highest BCUT2D eigenvalue weighted by molar-refractivity contribution is 5.94. The molecule has 1 saturated heterocycles. The van der Waals surface area contributed by atoms with E-state index in [4.69, 9.17) is 9.26 Å². The summed E-state index contributed by atoms with van der Waals surface area (Å²) in [5.74, 6) is 0.890. The molecule has 0 radical (unpaired) electrons. The zero-order valence-corrected chi connectivity index (χ0v) is 16.3. The van der Waals surface area contributed by atoms with Crippen molar-refractivity contribution in [2.24, 2.45) is 5.92 Å². The third kappa shape index (κ3) is 3.84. The summed E-state index contributed by atoms with van der Waals surface area (Å²) in [4.78, 5) is 12.7. The molecule has 0 saturated carbocycles. The zero-order valence-electron chi connectivity index (χ0n) is 16.3. The molecule has 1 aromatic carbocycles. The van der Waals surface area contributed by atoms with E-state index in [2.05, 4.69) is 15.6 Å². The highest BCUT2D eigenvalue weighted by atomic mass is 16.5. The Bertz CT molecular complexity index is 974. The van der Waals surface area contributed by atoms with Crippen molar-refractivity contribution in [3.8, 4) is 5.69 Å². The average Bonchev–Trinajstić information content (AvgIpc) is 3.37. The molecule has 2 aromatic heterocycles. The minimum absolute atomic E-state index is 0.0476. The van der Waals surface area contributed by atoms with Crippen molar-refractivity contribution in [2.45, 2.75) is 33.2 Å². The first-order valence-corrected chi connectivity index (χ1v) is 9.44. The van der Waals surface area contributed by atoms with Crippen LogP contribution in [0.4, 0.5) is 0 Å². The molecule has 0 bridgehead atoms. The third-order valence-electron chi connectivity index (χ3n) is 5.04. The normalized spacial score (nSPS) is 19.1. The van der Waals surface area contributed by atoms with E-state index in [1.807, 2.05) is 61.9 Å². The summed E-state index contributed by atoms with van der Waals surface area (Å²) in [6.45, 7) is 6.98. The van der Waals surface area contributed by atoms with E-state index in [-0.39, 0.29) is 17.9 Å². The molecule has 1 N–H and O–H groups in total. The van der Waals surface area contributed by atoms with Gasteiger partial charge in [0.2, 0.25) is 0 Å². The Morgan fingerprint density at radius 3 is 2.57 bits per heavy atom. The van der Waals surface area contributed by atoms with E-state index in [9.17, 15) is 4.79 Å². The molecular weight excluding hydrogens is 356 g/mol. The molecule has 7 heteroatoms. The smallest absolute Gasteiger partial charge is 0.251 e. The van der Waals surface area contributed by atoms with Gasteiger partial charge in [-0.15, -0.1) is 0 Å². The van der Waals surface area contributed by atoms with Gasteiger partial charge in [0.05, 0.1) is 36.3 Å². The highest BCUT2D eigenvalue weighted by Gasteiger charge is 2.31. The fourth-order valence-corrected chi connectivity index (χ4v) is 3.63. The molecule has 1 aliphatic heterocycles. The minimum atomic E-state index is -0.103. The number of carbonyl (C=O) groups is 1. The highest BCUT2D eigenvalue weighted by Crippen LogP contribution is 2.20. The van der Waals surface area contributed by atoms with Gasteiger partial charge >= 0.3 is 0 Å². The fraction of sp³-hybridized carbons (Fsp3) is 0.381. The summed E-state index contributed by atoms with van der Waals surface area (Å²) in [6.07, 6.45) is 0.697. The van der Waals surface area contributed by atoms with E-state index in [0.717, 1.165) is 28.5 Å². The maximum absolute atomic E-state index is 12.7. The predicted molar refractivity (Wildman–Crippen MR) is 104 cm³/mol. The van der Waals surface area contributed by atoms with E-state index in [0.29, 0.717) is 25.2 Å². The molecule has 3 aromatic rings. The van der Waals surface area contributed by atoms with Crippen molar-refractivity contribution >= 4 is 5.91 Å². The van der Waals surface area contributed by atoms with Gasteiger partial charge in [0.25, 0.3) is 5.91 Å². The Balaban J connectivity index is 1.42. The maximum atomic E-state index is 12.7. The molecule has 0 unspecified atom stereocenters. The van der Waals surface area contributed by atoms with Crippen molar-refractivity contribution in [3.05, 3.63) is 64.8 Å². The molecule has 2 atom stereocenters. The van der Waals surface area contributed by atoms with E-state index >= 15 is 0 Å². The number of amides is 1. The molecule has 4 rings (SSSR count). The van der Waals surface area contributed by atoms with Crippen molar-refractivity contribution in [3.63, 3.8) is 0 Å². The summed E-state index contributed by atoms with van der Waals surface area (Å²) < 4.78 is 12.8. The Kier molecular flexibility index (Phi) is 5.00. The SMILES string of the molecule is Cc1cc(C[C@H]2COC[C@H]2NC(=O)c2ccc(-n3nc(C)cc3C)cc2)on1. The average molecular weight is 380 g/mol. The van der Waals surface area contributed by atoms with Gasteiger partial charge < -0.3 is 14.6 Å². The van der Waals surface area contributed by atoms with Crippen LogP contribution in [0.2, 0.25) is 0 Å². The Morgan fingerprint density at radius 1 is 1.14 bits per heavy atom. The Hall–Kier alpha value is -2.93. The Labute approximate surface area is 163 Å². The molecule has 146 valence electrons. The number of hydrogen-bond donors (Lipinski definition) is 1. The van der Waals surface area contributed by atoms with E-state index < -0.39 is 0 Å². The van der Waals surface area contributed by atoms with Gasteiger partial charge in [-0.1, -0.05) is 5.16 Å². The summed E-state index contributed by atoms with van der Waals surface area (Å²) in [6, 6.07) is 11.4. The van der Waals surface area contributed by atoms with Crippen LogP contribution in [0.1, 0.15) is 33.2 Å². The molecule has 1 fully saturated rings. The van der Waals surface area contributed by atoms with Crippen LogP contribution >= 0.6 is 0 Å². The molecule has 1 aliphatic rings. The maximum Gasteiger partial charge on any atom is 0.251 e. The van der Waals surface area contributed by atoms with Crippen molar-refractivity contribution in [1.29, 1.82) is 0 Å².